The summed E-state index contributed by atoms with van der Waals surface area (Å²) in [6.45, 7) is 0.705. The van der Waals surface area contributed by atoms with Crippen LogP contribution in [-0.4, -0.2) is 123 Å². The number of phenolic OH excluding ortho intramolecular Hbond substituents is 1. The van der Waals surface area contributed by atoms with E-state index in [1.54, 1.807) is 0 Å². The van der Waals surface area contributed by atoms with Crippen LogP contribution in [-0.2, 0) is 44.8 Å². The van der Waals surface area contributed by atoms with Gasteiger partial charge in [-0.3, -0.25) is 33.6 Å². The second kappa shape index (κ2) is 22.7. The minimum Gasteiger partial charge on any atom is -0.508 e. The molecule has 0 radical (unpaired) electrons. The van der Waals surface area contributed by atoms with Crippen molar-refractivity contribution in [1.82, 2.24) is 26.2 Å². The van der Waals surface area contributed by atoms with Crippen LogP contribution in [0.15, 0.2) is 24.3 Å². The van der Waals surface area contributed by atoms with Crippen molar-refractivity contribution >= 4 is 47.4 Å². The number of phenols is 1. The first-order valence-electron chi connectivity index (χ1n) is 17.8. The van der Waals surface area contributed by atoms with Crippen molar-refractivity contribution in [3.05, 3.63) is 29.8 Å². The normalized spacial score (nSPS) is 16.6. The van der Waals surface area contributed by atoms with Crippen molar-refractivity contribution in [2.45, 2.75) is 107 Å². The number of carbonyl (C=O) groups is 8. The Morgan fingerprint density at radius 2 is 1.30 bits per heavy atom. The van der Waals surface area contributed by atoms with Crippen molar-refractivity contribution in [2.75, 3.05) is 19.6 Å². The average Bonchev–Trinajstić information content (AvgIpc) is 3.60. The molecule has 1 fully saturated rings. The molecular formula is C34H53N9O11. The van der Waals surface area contributed by atoms with Gasteiger partial charge in [-0.15, -0.1) is 0 Å². The maximum atomic E-state index is 14.0. The number of aromatic hydroxyl groups is 1. The smallest absolute Gasteiger partial charge is 0.326 e. The topological polar surface area (TPSA) is 353 Å². The maximum Gasteiger partial charge on any atom is 0.326 e. The lowest BCUT2D eigenvalue weighted by Gasteiger charge is -2.31. The number of carboxylic acid groups (broad SMARTS) is 2. The third-order valence-corrected chi connectivity index (χ3v) is 8.74. The third-order valence-electron chi connectivity index (χ3n) is 8.74. The Morgan fingerprint density at radius 3 is 1.85 bits per heavy atom. The molecule has 54 heavy (non-hydrogen) atoms. The lowest BCUT2D eigenvalue weighted by molar-refractivity contribution is -0.144. The number of hydrogen-bond donors (Lipinski definition) is 11. The number of aliphatic carboxylic acids is 2. The van der Waals surface area contributed by atoms with Gasteiger partial charge in [0, 0.05) is 13.0 Å². The van der Waals surface area contributed by atoms with Crippen LogP contribution in [0.1, 0.15) is 69.8 Å². The van der Waals surface area contributed by atoms with Crippen LogP contribution in [0.3, 0.4) is 0 Å². The number of nitrogens with one attached hydrogen (secondary N) is 4. The molecule has 6 atom stereocenters. The lowest BCUT2D eigenvalue weighted by Crippen LogP contribution is -2.59. The summed E-state index contributed by atoms with van der Waals surface area (Å²) in [7, 11) is 0. The van der Waals surface area contributed by atoms with E-state index in [0.29, 0.717) is 44.2 Å². The Kier molecular flexibility index (Phi) is 18.8. The molecule has 0 spiro atoms. The predicted octanol–water partition coefficient (Wildman–Crippen LogP) is -3.12. The third kappa shape index (κ3) is 15.0. The highest BCUT2D eigenvalue weighted by atomic mass is 16.4. The summed E-state index contributed by atoms with van der Waals surface area (Å²) in [5, 5.41) is 38.3. The first-order valence-corrected chi connectivity index (χ1v) is 17.8. The quantitative estimate of drug-likeness (QED) is 0.0465. The number of unbranched alkanes of at least 4 members (excludes halogenated alkanes) is 2. The molecule has 1 aromatic carbocycles. The summed E-state index contributed by atoms with van der Waals surface area (Å²) in [5.74, 6) is -7.87. The van der Waals surface area contributed by atoms with E-state index in [0.717, 1.165) is 0 Å². The molecule has 0 saturated carbocycles. The van der Waals surface area contributed by atoms with Crippen LogP contribution in [0.4, 0.5) is 0 Å². The molecule has 0 aliphatic carbocycles. The van der Waals surface area contributed by atoms with E-state index in [9.17, 15) is 48.6 Å². The Morgan fingerprint density at radius 1 is 0.741 bits per heavy atom. The molecule has 1 aromatic rings. The molecule has 1 heterocycles. The number of benzene rings is 1. The van der Waals surface area contributed by atoms with Gasteiger partial charge in [0.2, 0.25) is 35.4 Å². The van der Waals surface area contributed by atoms with Gasteiger partial charge in [0.1, 0.15) is 36.0 Å². The van der Waals surface area contributed by atoms with E-state index in [2.05, 4.69) is 21.3 Å². The Hall–Kier alpha value is -5.34. The van der Waals surface area contributed by atoms with Crippen molar-refractivity contribution < 1.29 is 53.7 Å². The molecule has 0 unspecified atom stereocenters. The summed E-state index contributed by atoms with van der Waals surface area (Å²) in [5.41, 5.74) is 22.6. The van der Waals surface area contributed by atoms with Crippen molar-refractivity contribution in [3.8, 4) is 5.75 Å². The number of carboxylic acids is 2. The average molecular weight is 764 g/mol. The number of nitrogens with two attached hydrogens (primary N) is 4. The second-order valence-corrected chi connectivity index (χ2v) is 13.1. The molecule has 0 bridgehead atoms. The van der Waals surface area contributed by atoms with Crippen LogP contribution in [0.2, 0.25) is 0 Å². The fourth-order valence-electron chi connectivity index (χ4n) is 5.86. The molecule has 0 aromatic heterocycles. The van der Waals surface area contributed by atoms with Crippen LogP contribution >= 0.6 is 0 Å². The molecule has 1 aliphatic rings. The lowest BCUT2D eigenvalue weighted by atomic mass is 10.0. The molecule has 1 aliphatic heterocycles. The van der Waals surface area contributed by atoms with Gasteiger partial charge in [-0.05, 0) is 82.2 Å². The summed E-state index contributed by atoms with van der Waals surface area (Å²) in [6.07, 6.45) is 0.957. The van der Waals surface area contributed by atoms with Gasteiger partial charge < -0.3 is 64.4 Å². The minimum atomic E-state index is -1.61. The molecule has 6 amide bonds. The first-order chi connectivity index (χ1) is 25.6. The van der Waals surface area contributed by atoms with Gasteiger partial charge in [-0.25, -0.2) is 4.79 Å². The minimum absolute atomic E-state index is 0.0343. The molecule has 300 valence electrons. The molecule has 20 heteroatoms. The van der Waals surface area contributed by atoms with Crippen LogP contribution in [0.5, 0.6) is 5.75 Å². The van der Waals surface area contributed by atoms with Gasteiger partial charge in [0.25, 0.3) is 0 Å². The fraction of sp³-hybridized carbons (Fsp3) is 0.588. The predicted molar refractivity (Wildman–Crippen MR) is 192 cm³/mol. The SMILES string of the molecule is NCCCC[C@H](NC(=O)[C@H](Cc1ccc(O)cc1)NC(=O)[C@@H]1CCCN1C(=O)[C@H](CCCCN)NC(=O)[C@H](CC(N)=O)NC(=O)[C@@H](N)CC(=O)O)C(=O)O. The van der Waals surface area contributed by atoms with E-state index >= 15 is 0 Å². The molecule has 1 saturated heterocycles. The number of hydrogen-bond acceptors (Lipinski definition) is 12. The van der Waals surface area contributed by atoms with E-state index < -0.39 is 96.5 Å². The first kappa shape index (κ1) is 44.8. The Labute approximate surface area is 312 Å². The summed E-state index contributed by atoms with van der Waals surface area (Å²) < 4.78 is 0. The monoisotopic (exact) mass is 763 g/mol. The maximum absolute atomic E-state index is 14.0. The van der Waals surface area contributed by atoms with Crippen molar-refractivity contribution in [1.29, 1.82) is 0 Å². The number of amides is 6. The Bertz CT molecular complexity index is 1480. The highest BCUT2D eigenvalue weighted by molar-refractivity contribution is 5.98. The summed E-state index contributed by atoms with van der Waals surface area (Å²) in [4.78, 5) is 103. The summed E-state index contributed by atoms with van der Waals surface area (Å²) in [6, 6.07) is -2.24. The molecular weight excluding hydrogens is 710 g/mol. The van der Waals surface area contributed by atoms with E-state index in [-0.39, 0.29) is 44.5 Å². The van der Waals surface area contributed by atoms with Gasteiger partial charge in [-0.2, -0.15) is 0 Å². The van der Waals surface area contributed by atoms with Gasteiger partial charge in [0.05, 0.1) is 18.9 Å². The zero-order valence-electron chi connectivity index (χ0n) is 30.0. The summed E-state index contributed by atoms with van der Waals surface area (Å²) >= 11 is 0. The van der Waals surface area contributed by atoms with Gasteiger partial charge >= 0.3 is 11.9 Å². The van der Waals surface area contributed by atoms with Gasteiger partial charge in [-0.1, -0.05) is 12.1 Å². The largest absolute Gasteiger partial charge is 0.508 e. The standard InChI is InChI=1S/C34H53N9O11/c35-13-3-1-6-22(39-31(50)25(18-27(38)45)41-29(48)21(37)17-28(46)47)33(52)43-15-5-8-26(43)32(51)42-24(16-19-9-11-20(44)12-10-19)30(49)40-23(34(53)54)7-2-4-14-36/h9-12,21-26,44H,1-8,13-18,35-37H2,(H2,38,45)(H,39,50)(H,40,49)(H,41,48)(H,42,51)(H,46,47)(H,53,54)/t21-,22-,23-,24-,25-,26-/m0/s1. The number of nitrogens with zero attached hydrogens (tertiary/aromatic N) is 1. The van der Waals surface area contributed by atoms with E-state index in [1.165, 1.54) is 29.2 Å². The highest BCUT2D eigenvalue weighted by Crippen LogP contribution is 2.21. The van der Waals surface area contributed by atoms with E-state index in [1.807, 2.05) is 0 Å². The molecule has 2 rings (SSSR count). The molecule has 20 nitrogen and oxygen atoms in total. The number of likely N-dealkylation sites (tertiary alicyclic amines) is 1. The van der Waals surface area contributed by atoms with Crippen LogP contribution in [0, 0.1) is 0 Å². The second-order valence-electron chi connectivity index (χ2n) is 13.1. The Balaban J connectivity index is 2.32. The van der Waals surface area contributed by atoms with Crippen molar-refractivity contribution in [2.24, 2.45) is 22.9 Å². The zero-order valence-corrected chi connectivity index (χ0v) is 30.0. The highest BCUT2D eigenvalue weighted by Gasteiger charge is 2.40. The molecule has 15 N–H and O–H groups in total. The zero-order chi connectivity index (χ0) is 40.4. The van der Waals surface area contributed by atoms with Crippen LogP contribution in [0.25, 0.3) is 0 Å². The van der Waals surface area contributed by atoms with E-state index in [4.69, 9.17) is 28.0 Å². The van der Waals surface area contributed by atoms with Crippen LogP contribution < -0.4 is 44.2 Å². The fourth-order valence-corrected chi connectivity index (χ4v) is 5.86. The number of carbonyl (C=O) groups excluding carboxylic acids is 6. The number of rotatable bonds is 24. The number of primary amides is 1. The van der Waals surface area contributed by atoms with Gasteiger partial charge in [0.15, 0.2) is 0 Å². The van der Waals surface area contributed by atoms with Crippen molar-refractivity contribution in [3.63, 3.8) is 0 Å².